The van der Waals surface area contributed by atoms with Crippen LogP contribution in [0.2, 0.25) is 0 Å². The highest BCUT2D eigenvalue weighted by atomic mass is 16.1. The third kappa shape index (κ3) is 4.15. The minimum absolute atomic E-state index is 0.184. The Morgan fingerprint density at radius 3 is 2.94 bits per heavy atom. The largest absolute Gasteiger partial charge is 0.307 e. The molecule has 1 aromatic rings. The SMILES string of the molecule is C=CCNCC(=O)Cc1cc(CC)nn1CC. The zero-order valence-electron chi connectivity index (χ0n) is 10.7. The van der Waals surface area contributed by atoms with Crippen molar-refractivity contribution in [1.29, 1.82) is 0 Å². The quantitative estimate of drug-likeness (QED) is 0.546. The van der Waals surface area contributed by atoms with Crippen LogP contribution in [0, 0.1) is 0 Å². The number of Topliss-reactive ketones (excluding diaryl/α,β-unsaturated/α-hetero) is 1. The zero-order chi connectivity index (χ0) is 12.7. The first-order valence-electron chi connectivity index (χ1n) is 6.10. The van der Waals surface area contributed by atoms with Crippen LogP contribution in [0.1, 0.15) is 25.2 Å². The van der Waals surface area contributed by atoms with Gasteiger partial charge in [-0.05, 0) is 19.4 Å². The van der Waals surface area contributed by atoms with Crippen molar-refractivity contribution in [2.75, 3.05) is 13.1 Å². The molecule has 0 saturated carbocycles. The molecule has 0 amide bonds. The van der Waals surface area contributed by atoms with Gasteiger partial charge < -0.3 is 5.32 Å². The number of nitrogens with zero attached hydrogens (tertiary/aromatic N) is 2. The van der Waals surface area contributed by atoms with Crippen molar-refractivity contribution in [1.82, 2.24) is 15.1 Å². The lowest BCUT2D eigenvalue weighted by atomic mass is 10.2. The molecule has 0 saturated heterocycles. The van der Waals surface area contributed by atoms with Crippen LogP contribution in [0.15, 0.2) is 18.7 Å². The van der Waals surface area contributed by atoms with E-state index in [9.17, 15) is 4.79 Å². The average Bonchev–Trinajstić information content (AvgIpc) is 2.71. The number of ketones is 1. The second-order valence-corrected chi connectivity index (χ2v) is 3.93. The molecule has 1 rings (SSSR count). The number of rotatable bonds is 8. The van der Waals surface area contributed by atoms with Crippen molar-refractivity contribution < 1.29 is 4.79 Å². The van der Waals surface area contributed by atoms with Crippen molar-refractivity contribution in [3.05, 3.63) is 30.1 Å². The minimum atomic E-state index is 0.184. The van der Waals surface area contributed by atoms with Gasteiger partial charge in [-0.3, -0.25) is 9.48 Å². The highest BCUT2D eigenvalue weighted by Crippen LogP contribution is 2.06. The summed E-state index contributed by atoms with van der Waals surface area (Å²) in [6.45, 7) is 9.57. The van der Waals surface area contributed by atoms with Crippen molar-refractivity contribution >= 4 is 5.78 Å². The standard InChI is InChI=1S/C13H21N3O/c1-4-7-14-10-13(17)9-12-8-11(5-2)15-16(12)6-3/h4,8,14H,1,5-7,9-10H2,2-3H3. The fourth-order valence-corrected chi connectivity index (χ4v) is 1.68. The van der Waals surface area contributed by atoms with E-state index < -0.39 is 0 Å². The van der Waals surface area contributed by atoms with Crippen molar-refractivity contribution in [3.8, 4) is 0 Å². The highest BCUT2D eigenvalue weighted by Gasteiger charge is 2.09. The van der Waals surface area contributed by atoms with Gasteiger partial charge in [0.2, 0.25) is 0 Å². The number of carbonyl (C=O) groups excluding carboxylic acids is 1. The first-order chi connectivity index (χ1) is 8.21. The first kappa shape index (κ1) is 13.6. The van der Waals surface area contributed by atoms with Crippen LogP contribution in [0.25, 0.3) is 0 Å². The van der Waals surface area contributed by atoms with E-state index >= 15 is 0 Å². The summed E-state index contributed by atoms with van der Waals surface area (Å²) in [6.07, 6.45) is 3.10. The van der Waals surface area contributed by atoms with E-state index in [1.165, 1.54) is 0 Å². The first-order valence-corrected chi connectivity index (χ1v) is 6.10. The van der Waals surface area contributed by atoms with Gasteiger partial charge >= 0.3 is 0 Å². The van der Waals surface area contributed by atoms with Crippen LogP contribution in [-0.4, -0.2) is 28.7 Å². The number of aromatic nitrogens is 2. The van der Waals surface area contributed by atoms with E-state index in [1.807, 2.05) is 17.7 Å². The predicted octanol–water partition coefficient (Wildman–Crippen LogP) is 1.35. The Hall–Kier alpha value is -1.42. The Kier molecular flexibility index (Phi) is 5.63. The molecular weight excluding hydrogens is 214 g/mol. The van der Waals surface area contributed by atoms with Gasteiger partial charge in [0, 0.05) is 25.2 Å². The fourth-order valence-electron chi connectivity index (χ4n) is 1.68. The molecule has 0 bridgehead atoms. The smallest absolute Gasteiger partial charge is 0.152 e. The van der Waals surface area contributed by atoms with Crippen molar-refractivity contribution in [3.63, 3.8) is 0 Å². The third-order valence-electron chi connectivity index (χ3n) is 2.56. The van der Waals surface area contributed by atoms with E-state index in [0.29, 0.717) is 19.5 Å². The lowest BCUT2D eigenvalue weighted by molar-refractivity contribution is -0.117. The molecule has 1 heterocycles. The Bertz CT molecular complexity index is 382. The maximum Gasteiger partial charge on any atom is 0.152 e. The van der Waals surface area contributed by atoms with Crippen LogP contribution in [-0.2, 0) is 24.2 Å². The fraction of sp³-hybridized carbons (Fsp3) is 0.538. The van der Waals surface area contributed by atoms with Crippen LogP contribution < -0.4 is 5.32 Å². The van der Waals surface area contributed by atoms with Gasteiger partial charge in [-0.1, -0.05) is 13.0 Å². The van der Waals surface area contributed by atoms with E-state index in [0.717, 1.165) is 24.4 Å². The molecule has 0 aliphatic rings. The van der Waals surface area contributed by atoms with Gasteiger partial charge in [-0.15, -0.1) is 6.58 Å². The Morgan fingerprint density at radius 1 is 1.59 bits per heavy atom. The predicted molar refractivity (Wildman–Crippen MR) is 69.1 cm³/mol. The second-order valence-electron chi connectivity index (χ2n) is 3.93. The molecule has 94 valence electrons. The molecule has 0 unspecified atom stereocenters. The number of carbonyl (C=O) groups is 1. The molecule has 0 atom stereocenters. The number of hydrogen-bond acceptors (Lipinski definition) is 3. The van der Waals surface area contributed by atoms with Gasteiger partial charge in [0.15, 0.2) is 5.78 Å². The summed E-state index contributed by atoms with van der Waals surface area (Å²) in [5, 5.41) is 7.44. The summed E-state index contributed by atoms with van der Waals surface area (Å²) in [5.74, 6) is 0.184. The monoisotopic (exact) mass is 235 g/mol. The maximum atomic E-state index is 11.7. The van der Waals surface area contributed by atoms with Crippen LogP contribution >= 0.6 is 0 Å². The Morgan fingerprint density at radius 2 is 2.35 bits per heavy atom. The number of hydrogen-bond donors (Lipinski definition) is 1. The van der Waals surface area contributed by atoms with E-state index in [4.69, 9.17) is 0 Å². The lowest BCUT2D eigenvalue weighted by Gasteiger charge is -2.04. The molecular formula is C13H21N3O. The summed E-state index contributed by atoms with van der Waals surface area (Å²) < 4.78 is 1.91. The van der Waals surface area contributed by atoms with Crippen molar-refractivity contribution in [2.45, 2.75) is 33.2 Å². The zero-order valence-corrected chi connectivity index (χ0v) is 10.7. The van der Waals surface area contributed by atoms with E-state index in [-0.39, 0.29) is 5.78 Å². The lowest BCUT2D eigenvalue weighted by Crippen LogP contribution is -2.25. The Balaban J connectivity index is 2.57. The minimum Gasteiger partial charge on any atom is -0.307 e. The highest BCUT2D eigenvalue weighted by molar-refractivity contribution is 5.82. The summed E-state index contributed by atoms with van der Waals surface area (Å²) in [7, 11) is 0. The normalized spacial score (nSPS) is 10.5. The molecule has 4 heteroatoms. The van der Waals surface area contributed by atoms with Gasteiger partial charge in [0.1, 0.15) is 0 Å². The third-order valence-corrected chi connectivity index (χ3v) is 2.56. The van der Waals surface area contributed by atoms with Gasteiger partial charge in [0.05, 0.1) is 12.2 Å². The molecule has 1 aromatic heterocycles. The maximum absolute atomic E-state index is 11.7. The van der Waals surface area contributed by atoms with Crippen molar-refractivity contribution in [2.24, 2.45) is 0 Å². The second kappa shape index (κ2) is 7.01. The molecule has 0 fully saturated rings. The van der Waals surface area contributed by atoms with Crippen LogP contribution in [0.3, 0.4) is 0 Å². The molecule has 4 nitrogen and oxygen atoms in total. The van der Waals surface area contributed by atoms with Gasteiger partial charge in [0.25, 0.3) is 0 Å². The van der Waals surface area contributed by atoms with Crippen LogP contribution in [0.5, 0.6) is 0 Å². The molecule has 17 heavy (non-hydrogen) atoms. The van der Waals surface area contributed by atoms with Gasteiger partial charge in [-0.2, -0.15) is 5.10 Å². The summed E-state index contributed by atoms with van der Waals surface area (Å²) in [5.41, 5.74) is 2.06. The molecule has 0 aromatic carbocycles. The molecule has 0 spiro atoms. The average molecular weight is 235 g/mol. The number of aryl methyl sites for hydroxylation is 2. The van der Waals surface area contributed by atoms with Crippen LogP contribution in [0.4, 0.5) is 0 Å². The number of nitrogens with one attached hydrogen (secondary N) is 1. The molecule has 0 aliphatic carbocycles. The molecule has 0 radical (unpaired) electrons. The molecule has 0 aliphatic heterocycles. The van der Waals surface area contributed by atoms with E-state index in [2.05, 4.69) is 23.9 Å². The van der Waals surface area contributed by atoms with E-state index in [1.54, 1.807) is 6.08 Å². The molecule has 1 N–H and O–H groups in total. The summed E-state index contributed by atoms with van der Waals surface area (Å²) >= 11 is 0. The van der Waals surface area contributed by atoms with Gasteiger partial charge in [-0.25, -0.2) is 0 Å². The topological polar surface area (TPSA) is 46.9 Å². The summed E-state index contributed by atoms with van der Waals surface area (Å²) in [4.78, 5) is 11.7. The Labute approximate surface area is 103 Å². The summed E-state index contributed by atoms with van der Waals surface area (Å²) in [6, 6.07) is 2.02.